The van der Waals surface area contributed by atoms with Crippen LogP contribution in [0, 0.1) is 5.92 Å². The summed E-state index contributed by atoms with van der Waals surface area (Å²) in [5, 5.41) is 3.32. The maximum Gasteiger partial charge on any atom is 0.0743 e. The summed E-state index contributed by atoms with van der Waals surface area (Å²) >= 11 is 1.90. The van der Waals surface area contributed by atoms with Gasteiger partial charge in [0.15, 0.2) is 0 Å². The lowest BCUT2D eigenvalue weighted by Crippen LogP contribution is -2.22. The van der Waals surface area contributed by atoms with E-state index in [0.29, 0.717) is 6.10 Å². The number of ether oxygens (including phenoxy) is 1. The van der Waals surface area contributed by atoms with Gasteiger partial charge in [-0.2, -0.15) is 11.8 Å². The molecule has 0 aromatic carbocycles. The SMILES string of the molecule is COC1CNCC1CSC. The average molecular weight is 161 g/mol. The van der Waals surface area contributed by atoms with E-state index in [1.54, 1.807) is 7.11 Å². The molecule has 0 radical (unpaired) electrons. The van der Waals surface area contributed by atoms with Crippen LogP contribution in [-0.4, -0.2) is 38.3 Å². The number of methoxy groups -OCH3 is 1. The first-order chi connectivity index (χ1) is 4.88. The maximum absolute atomic E-state index is 5.30. The molecule has 0 aliphatic carbocycles. The van der Waals surface area contributed by atoms with Crippen LogP contribution in [0.25, 0.3) is 0 Å². The Kier molecular flexibility index (Phi) is 3.52. The molecule has 2 nitrogen and oxygen atoms in total. The summed E-state index contributed by atoms with van der Waals surface area (Å²) in [7, 11) is 1.80. The number of thioether (sulfide) groups is 1. The molecule has 10 heavy (non-hydrogen) atoms. The van der Waals surface area contributed by atoms with Crippen molar-refractivity contribution in [2.24, 2.45) is 5.92 Å². The zero-order valence-corrected chi connectivity index (χ0v) is 7.41. The van der Waals surface area contributed by atoms with Crippen molar-refractivity contribution in [1.29, 1.82) is 0 Å². The normalized spacial score (nSPS) is 33.0. The Bertz CT molecular complexity index is 99.6. The van der Waals surface area contributed by atoms with Gasteiger partial charge in [0, 0.05) is 26.1 Å². The molecule has 1 heterocycles. The molecule has 3 heteroatoms. The fourth-order valence-electron chi connectivity index (χ4n) is 1.37. The Morgan fingerprint density at radius 1 is 1.60 bits per heavy atom. The molecular formula is C7H15NOS. The predicted octanol–water partition coefficient (Wildman–Crippen LogP) is 0.584. The first kappa shape index (κ1) is 8.37. The molecule has 1 N–H and O–H groups in total. The highest BCUT2D eigenvalue weighted by molar-refractivity contribution is 7.98. The van der Waals surface area contributed by atoms with Crippen LogP contribution in [0.15, 0.2) is 0 Å². The van der Waals surface area contributed by atoms with Gasteiger partial charge in [-0.25, -0.2) is 0 Å². The molecule has 0 amide bonds. The maximum atomic E-state index is 5.30. The van der Waals surface area contributed by atoms with Gasteiger partial charge in [0.05, 0.1) is 6.10 Å². The fraction of sp³-hybridized carbons (Fsp3) is 1.00. The smallest absolute Gasteiger partial charge is 0.0743 e. The van der Waals surface area contributed by atoms with E-state index in [0.717, 1.165) is 19.0 Å². The monoisotopic (exact) mass is 161 g/mol. The minimum absolute atomic E-state index is 0.451. The zero-order chi connectivity index (χ0) is 7.40. The van der Waals surface area contributed by atoms with Crippen molar-refractivity contribution < 1.29 is 4.74 Å². The van der Waals surface area contributed by atoms with Crippen molar-refractivity contribution >= 4 is 11.8 Å². The van der Waals surface area contributed by atoms with Crippen LogP contribution < -0.4 is 5.32 Å². The second kappa shape index (κ2) is 4.21. The lowest BCUT2D eigenvalue weighted by atomic mass is 10.1. The first-order valence-electron chi connectivity index (χ1n) is 3.61. The van der Waals surface area contributed by atoms with Crippen molar-refractivity contribution in [2.45, 2.75) is 6.10 Å². The highest BCUT2D eigenvalue weighted by Gasteiger charge is 2.25. The molecule has 0 aromatic rings. The predicted molar refractivity (Wildman–Crippen MR) is 45.5 cm³/mol. The minimum Gasteiger partial charge on any atom is -0.380 e. The average Bonchev–Trinajstić information content (AvgIpc) is 2.36. The van der Waals surface area contributed by atoms with Crippen molar-refractivity contribution in [3.63, 3.8) is 0 Å². The Balaban J connectivity index is 2.27. The van der Waals surface area contributed by atoms with Crippen molar-refractivity contribution in [1.82, 2.24) is 5.32 Å². The highest BCUT2D eigenvalue weighted by Crippen LogP contribution is 2.15. The van der Waals surface area contributed by atoms with Crippen molar-refractivity contribution in [2.75, 3.05) is 32.2 Å². The second-order valence-electron chi connectivity index (χ2n) is 2.65. The molecule has 2 atom stereocenters. The first-order valence-corrected chi connectivity index (χ1v) is 5.00. The number of nitrogens with one attached hydrogen (secondary N) is 1. The van der Waals surface area contributed by atoms with Gasteiger partial charge in [-0.3, -0.25) is 0 Å². The molecule has 1 fully saturated rings. The van der Waals surface area contributed by atoms with Gasteiger partial charge in [0.1, 0.15) is 0 Å². The third-order valence-electron chi connectivity index (χ3n) is 1.96. The third kappa shape index (κ3) is 1.87. The standard InChI is InChI=1S/C7H15NOS/c1-9-7-4-8-3-6(7)5-10-2/h6-8H,3-5H2,1-2H3. The Labute approximate surface area is 66.7 Å². The van der Waals surface area contributed by atoms with E-state index in [-0.39, 0.29) is 0 Å². The van der Waals surface area contributed by atoms with E-state index in [9.17, 15) is 0 Å². The van der Waals surface area contributed by atoms with Crippen LogP contribution in [0.4, 0.5) is 0 Å². The highest BCUT2D eigenvalue weighted by atomic mass is 32.2. The fourth-order valence-corrected chi connectivity index (χ4v) is 2.13. The van der Waals surface area contributed by atoms with Gasteiger partial charge < -0.3 is 10.1 Å². The summed E-state index contributed by atoms with van der Waals surface area (Å²) in [4.78, 5) is 0. The zero-order valence-electron chi connectivity index (χ0n) is 6.59. The van der Waals surface area contributed by atoms with Gasteiger partial charge in [0.2, 0.25) is 0 Å². The van der Waals surface area contributed by atoms with Gasteiger partial charge >= 0.3 is 0 Å². The second-order valence-corrected chi connectivity index (χ2v) is 3.56. The lowest BCUT2D eigenvalue weighted by molar-refractivity contribution is 0.0907. The molecule has 0 spiro atoms. The number of rotatable bonds is 3. The quantitative estimate of drug-likeness (QED) is 0.654. The Morgan fingerprint density at radius 3 is 3.00 bits per heavy atom. The summed E-state index contributed by atoms with van der Waals surface area (Å²) < 4.78 is 5.30. The van der Waals surface area contributed by atoms with Gasteiger partial charge in [0.25, 0.3) is 0 Å². The Morgan fingerprint density at radius 2 is 2.40 bits per heavy atom. The van der Waals surface area contributed by atoms with Crippen LogP contribution >= 0.6 is 11.8 Å². The van der Waals surface area contributed by atoms with E-state index in [2.05, 4.69) is 11.6 Å². The molecule has 1 aliphatic rings. The van der Waals surface area contributed by atoms with Crippen LogP contribution in [0.5, 0.6) is 0 Å². The lowest BCUT2D eigenvalue weighted by Gasteiger charge is -2.14. The van der Waals surface area contributed by atoms with Crippen LogP contribution in [0.2, 0.25) is 0 Å². The minimum atomic E-state index is 0.451. The largest absolute Gasteiger partial charge is 0.380 e. The van der Waals surface area contributed by atoms with E-state index >= 15 is 0 Å². The van der Waals surface area contributed by atoms with Crippen molar-refractivity contribution in [3.8, 4) is 0 Å². The molecule has 1 saturated heterocycles. The number of hydrogen-bond acceptors (Lipinski definition) is 3. The van der Waals surface area contributed by atoms with Gasteiger partial charge in [-0.15, -0.1) is 0 Å². The summed E-state index contributed by atoms with van der Waals surface area (Å²) in [6.45, 7) is 2.15. The van der Waals surface area contributed by atoms with Crippen LogP contribution in [-0.2, 0) is 4.74 Å². The molecule has 2 unspecified atom stereocenters. The topological polar surface area (TPSA) is 21.3 Å². The summed E-state index contributed by atoms with van der Waals surface area (Å²) in [5.41, 5.74) is 0. The Hall–Kier alpha value is 0.270. The van der Waals surface area contributed by atoms with E-state index in [1.807, 2.05) is 11.8 Å². The van der Waals surface area contributed by atoms with Gasteiger partial charge in [-0.05, 0) is 12.0 Å². The molecule has 0 aromatic heterocycles. The van der Waals surface area contributed by atoms with E-state index < -0.39 is 0 Å². The van der Waals surface area contributed by atoms with Crippen LogP contribution in [0.3, 0.4) is 0 Å². The van der Waals surface area contributed by atoms with Crippen LogP contribution in [0.1, 0.15) is 0 Å². The molecule has 1 aliphatic heterocycles. The number of hydrogen-bond donors (Lipinski definition) is 1. The van der Waals surface area contributed by atoms with E-state index in [4.69, 9.17) is 4.74 Å². The molecule has 0 bridgehead atoms. The summed E-state index contributed by atoms with van der Waals surface area (Å²) in [6, 6.07) is 0. The summed E-state index contributed by atoms with van der Waals surface area (Å²) in [6.07, 6.45) is 2.60. The third-order valence-corrected chi connectivity index (χ3v) is 2.72. The van der Waals surface area contributed by atoms with Gasteiger partial charge in [-0.1, -0.05) is 0 Å². The van der Waals surface area contributed by atoms with Crippen molar-refractivity contribution in [3.05, 3.63) is 0 Å². The molecule has 0 saturated carbocycles. The molecular weight excluding hydrogens is 146 g/mol. The molecule has 60 valence electrons. The summed E-state index contributed by atoms with van der Waals surface area (Å²) in [5.74, 6) is 1.94. The molecule has 1 rings (SSSR count). The van der Waals surface area contributed by atoms with E-state index in [1.165, 1.54) is 5.75 Å².